The smallest absolute Gasteiger partial charge is 0.0794 e. The van der Waals surface area contributed by atoms with Crippen LogP contribution in [0.5, 0.6) is 0 Å². The first-order chi connectivity index (χ1) is 7.35. The molecule has 0 aromatic rings. The van der Waals surface area contributed by atoms with Gasteiger partial charge in [-0.25, -0.2) is 0 Å². The number of hydrogen-bond donors (Lipinski definition) is 0. The number of allylic oxidation sites excluding steroid dienone is 2. The Bertz CT molecular complexity index is 249. The van der Waals surface area contributed by atoms with Crippen LogP contribution in [-0.2, 0) is 0 Å². The molecule has 0 saturated carbocycles. The molecule has 0 amide bonds. The molecule has 0 aromatic carbocycles. The molecule has 1 spiro atoms. The number of thioether (sulfide) groups is 2. The fourth-order valence-corrected chi connectivity index (χ4v) is 5.65. The first kappa shape index (κ1) is 11.7. The van der Waals surface area contributed by atoms with Gasteiger partial charge in [0.15, 0.2) is 0 Å². The molecule has 1 saturated heterocycles. The van der Waals surface area contributed by atoms with Gasteiger partial charge in [0.1, 0.15) is 0 Å². The molecule has 0 unspecified atom stereocenters. The minimum Gasteiger partial charge on any atom is -0.139 e. The number of unbranched alkanes of at least 4 members (excludes halogenated alkanes) is 1. The van der Waals surface area contributed by atoms with Crippen LogP contribution in [0.2, 0.25) is 0 Å². The van der Waals surface area contributed by atoms with Gasteiger partial charge in [0.05, 0.1) is 4.08 Å². The predicted octanol–water partition coefficient (Wildman–Crippen LogP) is 4.63. The zero-order valence-electron chi connectivity index (χ0n) is 9.34. The maximum atomic E-state index is 3.79. The minimum absolute atomic E-state index is 0.488. The molecule has 0 atom stereocenters. The first-order valence-electron chi connectivity index (χ1n) is 5.94. The maximum absolute atomic E-state index is 3.79. The van der Waals surface area contributed by atoms with E-state index in [1.807, 2.05) is 6.08 Å². The summed E-state index contributed by atoms with van der Waals surface area (Å²) >= 11 is 4.35. The summed E-state index contributed by atoms with van der Waals surface area (Å²) < 4.78 is 0.488. The first-order valence-corrected chi connectivity index (χ1v) is 7.91. The van der Waals surface area contributed by atoms with Crippen LogP contribution in [0.1, 0.15) is 38.5 Å². The zero-order chi connectivity index (χ0) is 10.6. The van der Waals surface area contributed by atoms with Crippen molar-refractivity contribution in [3.8, 4) is 0 Å². The van der Waals surface area contributed by atoms with E-state index in [0.29, 0.717) is 4.08 Å². The van der Waals surface area contributed by atoms with Crippen LogP contribution in [0.15, 0.2) is 24.3 Å². The summed E-state index contributed by atoms with van der Waals surface area (Å²) in [7, 11) is 0. The number of hydrogen-bond acceptors (Lipinski definition) is 2. The van der Waals surface area contributed by atoms with Gasteiger partial charge < -0.3 is 0 Å². The molecule has 1 aliphatic heterocycles. The highest BCUT2D eigenvalue weighted by Crippen LogP contribution is 2.51. The van der Waals surface area contributed by atoms with E-state index in [-0.39, 0.29) is 0 Å². The molecule has 1 aliphatic carbocycles. The van der Waals surface area contributed by atoms with Gasteiger partial charge in [0.2, 0.25) is 0 Å². The van der Waals surface area contributed by atoms with Gasteiger partial charge in [0.25, 0.3) is 0 Å². The van der Waals surface area contributed by atoms with E-state index in [9.17, 15) is 0 Å². The van der Waals surface area contributed by atoms with Crippen LogP contribution < -0.4 is 0 Å². The summed E-state index contributed by atoms with van der Waals surface area (Å²) in [6, 6.07) is 0. The van der Waals surface area contributed by atoms with Gasteiger partial charge in [-0.3, -0.25) is 0 Å². The van der Waals surface area contributed by atoms with Gasteiger partial charge in [-0.1, -0.05) is 17.7 Å². The zero-order valence-corrected chi connectivity index (χ0v) is 11.0. The highest BCUT2D eigenvalue weighted by Gasteiger charge is 2.35. The van der Waals surface area contributed by atoms with Crippen molar-refractivity contribution in [2.75, 3.05) is 11.5 Å². The van der Waals surface area contributed by atoms with Crippen molar-refractivity contribution in [3.05, 3.63) is 24.3 Å². The molecule has 0 N–H and O–H groups in total. The summed E-state index contributed by atoms with van der Waals surface area (Å²) in [4.78, 5) is 0. The third-order valence-corrected chi connectivity index (χ3v) is 6.53. The molecule has 1 fully saturated rings. The highest BCUT2D eigenvalue weighted by atomic mass is 32.2. The van der Waals surface area contributed by atoms with Crippen molar-refractivity contribution >= 4 is 23.5 Å². The van der Waals surface area contributed by atoms with E-state index in [1.165, 1.54) is 50.0 Å². The molecule has 84 valence electrons. The molecule has 1 heterocycles. The Kier molecular flexibility index (Phi) is 4.27. The second-order valence-electron chi connectivity index (χ2n) is 4.35. The minimum atomic E-state index is 0.488. The van der Waals surface area contributed by atoms with Crippen molar-refractivity contribution in [1.82, 2.24) is 0 Å². The Morgan fingerprint density at radius 1 is 1.40 bits per heavy atom. The van der Waals surface area contributed by atoms with E-state index in [4.69, 9.17) is 0 Å². The van der Waals surface area contributed by atoms with Crippen molar-refractivity contribution in [1.29, 1.82) is 0 Å². The molecule has 2 rings (SSSR count). The normalized spacial score (nSPS) is 24.1. The highest BCUT2D eigenvalue weighted by molar-refractivity contribution is 8.21. The quantitative estimate of drug-likeness (QED) is 0.519. The Labute approximate surface area is 102 Å². The van der Waals surface area contributed by atoms with Crippen LogP contribution in [0.3, 0.4) is 0 Å². The molecular formula is C13H20S2. The lowest BCUT2D eigenvalue weighted by atomic mass is 9.95. The van der Waals surface area contributed by atoms with Gasteiger partial charge in [-0.15, -0.1) is 30.1 Å². The maximum Gasteiger partial charge on any atom is 0.0794 e. The molecule has 2 aliphatic rings. The van der Waals surface area contributed by atoms with E-state index in [0.717, 1.165) is 0 Å². The van der Waals surface area contributed by atoms with Gasteiger partial charge in [-0.05, 0) is 38.5 Å². The second-order valence-corrected chi connectivity index (χ2v) is 7.46. The summed E-state index contributed by atoms with van der Waals surface area (Å²) in [5, 5.41) is 0. The Balaban J connectivity index is 1.92. The van der Waals surface area contributed by atoms with Gasteiger partial charge in [-0.2, -0.15) is 0 Å². The lowest BCUT2D eigenvalue weighted by Crippen LogP contribution is -2.18. The van der Waals surface area contributed by atoms with Crippen LogP contribution >= 0.6 is 23.5 Å². The third-order valence-electron chi connectivity index (χ3n) is 3.13. The summed E-state index contributed by atoms with van der Waals surface area (Å²) in [5.74, 6) is 2.70. The summed E-state index contributed by atoms with van der Waals surface area (Å²) in [6.07, 6.45) is 12.5. The average Bonchev–Trinajstić information content (AvgIpc) is 2.67. The van der Waals surface area contributed by atoms with Crippen molar-refractivity contribution in [3.63, 3.8) is 0 Å². The number of rotatable bonds is 4. The Morgan fingerprint density at radius 2 is 2.20 bits per heavy atom. The van der Waals surface area contributed by atoms with Crippen LogP contribution in [-0.4, -0.2) is 15.6 Å². The van der Waals surface area contributed by atoms with E-state index >= 15 is 0 Å². The lowest BCUT2D eigenvalue weighted by Gasteiger charge is -2.29. The fourth-order valence-electron chi connectivity index (χ4n) is 2.39. The Hall–Kier alpha value is 0.180. The monoisotopic (exact) mass is 240 g/mol. The van der Waals surface area contributed by atoms with Crippen molar-refractivity contribution < 1.29 is 0 Å². The molecular weight excluding hydrogens is 220 g/mol. The van der Waals surface area contributed by atoms with Crippen LogP contribution in [0, 0.1) is 0 Å². The van der Waals surface area contributed by atoms with Gasteiger partial charge in [0, 0.05) is 11.5 Å². The molecule has 0 nitrogen and oxygen atoms in total. The molecule has 0 bridgehead atoms. The van der Waals surface area contributed by atoms with Crippen molar-refractivity contribution in [2.45, 2.75) is 42.6 Å². The standard InChI is InChI=1S/C13H20S2/c1-2-3-4-6-12-7-5-8-13(11-12)14-9-10-15-13/h2,11H,1,3-10H2. The molecule has 2 heteroatoms. The topological polar surface area (TPSA) is 0 Å². The van der Waals surface area contributed by atoms with Gasteiger partial charge >= 0.3 is 0 Å². The van der Waals surface area contributed by atoms with Crippen LogP contribution in [0.4, 0.5) is 0 Å². The third kappa shape index (κ3) is 3.07. The predicted molar refractivity (Wildman–Crippen MR) is 73.6 cm³/mol. The molecule has 15 heavy (non-hydrogen) atoms. The van der Waals surface area contributed by atoms with Crippen LogP contribution in [0.25, 0.3) is 0 Å². The molecule has 0 aromatic heterocycles. The van der Waals surface area contributed by atoms with Crippen molar-refractivity contribution in [2.24, 2.45) is 0 Å². The largest absolute Gasteiger partial charge is 0.139 e. The molecule has 0 radical (unpaired) electrons. The average molecular weight is 240 g/mol. The lowest BCUT2D eigenvalue weighted by molar-refractivity contribution is 0.653. The second kappa shape index (κ2) is 5.49. The van der Waals surface area contributed by atoms with E-state index < -0.39 is 0 Å². The fraction of sp³-hybridized carbons (Fsp3) is 0.692. The Morgan fingerprint density at radius 3 is 2.93 bits per heavy atom. The SMILES string of the molecule is C=CCCCC1=CC2(CCC1)SCCS2. The summed E-state index contributed by atoms with van der Waals surface area (Å²) in [6.45, 7) is 3.79. The van der Waals surface area contributed by atoms with E-state index in [2.05, 4.69) is 36.2 Å². The summed E-state index contributed by atoms with van der Waals surface area (Å²) in [5.41, 5.74) is 1.71. The van der Waals surface area contributed by atoms with E-state index in [1.54, 1.807) is 5.57 Å².